The summed E-state index contributed by atoms with van der Waals surface area (Å²) in [5, 5.41) is 8.02. The summed E-state index contributed by atoms with van der Waals surface area (Å²) in [4.78, 5) is 33.7. The molecule has 1 fully saturated rings. The van der Waals surface area contributed by atoms with Crippen LogP contribution < -0.4 is 5.32 Å². The highest BCUT2D eigenvalue weighted by Crippen LogP contribution is 2.32. The second-order valence-corrected chi connectivity index (χ2v) is 9.92. The predicted molar refractivity (Wildman–Crippen MR) is 135 cm³/mol. The summed E-state index contributed by atoms with van der Waals surface area (Å²) < 4.78 is 1.71. The number of hydrogen-bond donors (Lipinski definition) is 1. The number of benzene rings is 1. The molecule has 1 saturated carbocycles. The van der Waals surface area contributed by atoms with Gasteiger partial charge in [-0.2, -0.15) is 5.10 Å². The highest BCUT2D eigenvalue weighted by Gasteiger charge is 2.48. The second kappa shape index (κ2) is 9.64. The monoisotopic (exact) mass is 471 g/mol. The molecule has 1 atom stereocenters. The van der Waals surface area contributed by atoms with Gasteiger partial charge in [-0.3, -0.25) is 19.3 Å². The van der Waals surface area contributed by atoms with Crippen LogP contribution in [0, 0.1) is 0 Å². The first-order chi connectivity index (χ1) is 17.0. The van der Waals surface area contributed by atoms with E-state index in [-0.39, 0.29) is 24.4 Å². The number of amides is 2. The highest BCUT2D eigenvalue weighted by atomic mass is 16.2. The van der Waals surface area contributed by atoms with Gasteiger partial charge in [0.25, 0.3) is 5.91 Å². The fourth-order valence-electron chi connectivity index (χ4n) is 5.18. The smallest absolute Gasteiger partial charge is 0.273 e. The third kappa shape index (κ3) is 4.59. The van der Waals surface area contributed by atoms with Gasteiger partial charge in [0, 0.05) is 17.8 Å². The van der Waals surface area contributed by atoms with Crippen LogP contribution in [0.4, 0.5) is 0 Å². The Morgan fingerprint density at radius 2 is 1.89 bits per heavy atom. The number of carbonyl (C=O) groups is 2. The van der Waals surface area contributed by atoms with Gasteiger partial charge >= 0.3 is 0 Å². The molecule has 182 valence electrons. The maximum Gasteiger partial charge on any atom is 0.273 e. The standard InChI is InChI=1S/C28H33N5O2/c1-3-20-12-14-21(15-13-20)24-17-25-26(34)32(18-23-11-7-8-16-29-23)28(2,19-33(25)31-24)27(35)30-22-9-5-4-6-10-22/h7-8,11-17,22H,3-6,9-10,18-19H2,1-2H3,(H,30,35)/t28-/m0/s1. The van der Waals surface area contributed by atoms with Gasteiger partial charge in [0.2, 0.25) is 5.91 Å². The Kier molecular flexibility index (Phi) is 6.41. The van der Waals surface area contributed by atoms with Crippen molar-refractivity contribution in [1.82, 2.24) is 25.0 Å². The van der Waals surface area contributed by atoms with E-state index >= 15 is 0 Å². The molecule has 0 bridgehead atoms. The first-order valence-electron chi connectivity index (χ1n) is 12.7. The van der Waals surface area contributed by atoms with Crippen molar-refractivity contribution in [2.75, 3.05) is 0 Å². The van der Waals surface area contributed by atoms with Crippen molar-refractivity contribution in [2.45, 2.75) is 77.0 Å². The van der Waals surface area contributed by atoms with Gasteiger partial charge in [-0.15, -0.1) is 0 Å². The van der Waals surface area contributed by atoms with E-state index in [1.807, 2.05) is 43.3 Å². The van der Waals surface area contributed by atoms with Gasteiger partial charge in [0.15, 0.2) is 0 Å². The molecular weight excluding hydrogens is 438 g/mol. The van der Waals surface area contributed by atoms with Crippen molar-refractivity contribution in [1.29, 1.82) is 0 Å². The van der Waals surface area contributed by atoms with Crippen molar-refractivity contribution in [3.8, 4) is 11.3 Å². The van der Waals surface area contributed by atoms with Gasteiger partial charge in [0.05, 0.1) is 24.5 Å². The van der Waals surface area contributed by atoms with Crippen molar-refractivity contribution in [3.05, 3.63) is 71.7 Å². The molecule has 0 unspecified atom stereocenters. The quantitative estimate of drug-likeness (QED) is 0.579. The molecule has 7 nitrogen and oxygen atoms in total. The number of nitrogens with zero attached hydrogens (tertiary/aromatic N) is 4. The molecule has 1 aliphatic carbocycles. The predicted octanol–water partition coefficient (Wildman–Crippen LogP) is 4.37. The molecule has 3 aromatic rings. The Morgan fingerprint density at radius 1 is 1.11 bits per heavy atom. The molecule has 1 N–H and O–H groups in total. The van der Waals surface area contributed by atoms with Gasteiger partial charge in [-0.1, -0.05) is 56.5 Å². The minimum Gasteiger partial charge on any atom is -0.351 e. The van der Waals surface area contributed by atoms with E-state index in [0.717, 1.165) is 49.1 Å². The van der Waals surface area contributed by atoms with Crippen LogP contribution in [-0.2, 0) is 24.3 Å². The third-order valence-electron chi connectivity index (χ3n) is 7.43. The maximum absolute atomic E-state index is 13.8. The number of nitrogens with one attached hydrogen (secondary N) is 1. The lowest BCUT2D eigenvalue weighted by Gasteiger charge is -2.43. The Balaban J connectivity index is 1.49. The summed E-state index contributed by atoms with van der Waals surface area (Å²) in [5.74, 6) is -0.323. The van der Waals surface area contributed by atoms with E-state index in [1.165, 1.54) is 12.0 Å². The van der Waals surface area contributed by atoms with Crippen molar-refractivity contribution >= 4 is 11.8 Å². The lowest BCUT2D eigenvalue weighted by Crippen LogP contribution is -2.64. The molecule has 0 spiro atoms. The average molecular weight is 472 g/mol. The molecule has 0 radical (unpaired) electrons. The SMILES string of the molecule is CCc1ccc(-c2cc3n(n2)C[C@@](C)(C(=O)NC2CCCCC2)N(Cc2ccccn2)C3=O)cc1. The maximum atomic E-state index is 13.8. The summed E-state index contributed by atoms with van der Waals surface area (Å²) in [7, 11) is 0. The molecule has 7 heteroatoms. The number of pyridine rings is 1. The van der Waals surface area contributed by atoms with Crippen LogP contribution in [0.2, 0.25) is 0 Å². The van der Waals surface area contributed by atoms with Gasteiger partial charge in [0.1, 0.15) is 11.2 Å². The molecule has 1 aliphatic heterocycles. The molecular formula is C28H33N5O2. The second-order valence-electron chi connectivity index (χ2n) is 9.92. The molecule has 0 saturated heterocycles. The van der Waals surface area contributed by atoms with Crippen LogP contribution in [0.3, 0.4) is 0 Å². The Morgan fingerprint density at radius 3 is 2.57 bits per heavy atom. The van der Waals surface area contributed by atoms with Crippen LogP contribution in [0.5, 0.6) is 0 Å². The van der Waals surface area contributed by atoms with Crippen LogP contribution in [-0.4, -0.2) is 43.1 Å². The van der Waals surface area contributed by atoms with Gasteiger partial charge in [-0.25, -0.2) is 0 Å². The molecule has 35 heavy (non-hydrogen) atoms. The zero-order valence-electron chi connectivity index (χ0n) is 20.5. The van der Waals surface area contributed by atoms with Crippen LogP contribution in [0.15, 0.2) is 54.7 Å². The van der Waals surface area contributed by atoms with E-state index in [0.29, 0.717) is 12.2 Å². The number of aromatic nitrogens is 3. The summed E-state index contributed by atoms with van der Waals surface area (Å²) in [6.45, 7) is 4.54. The molecule has 5 rings (SSSR count). The fourth-order valence-corrected chi connectivity index (χ4v) is 5.18. The van der Waals surface area contributed by atoms with E-state index in [2.05, 4.69) is 29.4 Å². The first kappa shape index (κ1) is 23.3. The van der Waals surface area contributed by atoms with Crippen LogP contribution in [0.25, 0.3) is 11.3 Å². The molecule has 3 heterocycles. The number of fused-ring (bicyclic) bond motifs is 1. The number of carbonyl (C=O) groups excluding carboxylic acids is 2. The zero-order chi connectivity index (χ0) is 24.4. The lowest BCUT2D eigenvalue weighted by atomic mass is 9.91. The molecule has 1 aromatic carbocycles. The minimum absolute atomic E-state index is 0.122. The average Bonchev–Trinajstić information content (AvgIpc) is 3.31. The largest absolute Gasteiger partial charge is 0.351 e. The zero-order valence-corrected chi connectivity index (χ0v) is 20.5. The van der Waals surface area contributed by atoms with E-state index in [1.54, 1.807) is 15.8 Å². The summed E-state index contributed by atoms with van der Waals surface area (Å²) in [6.07, 6.45) is 8.12. The molecule has 2 aliphatic rings. The fraction of sp³-hybridized carbons (Fsp3) is 0.429. The Hall–Kier alpha value is -3.48. The van der Waals surface area contributed by atoms with Crippen molar-refractivity contribution in [2.24, 2.45) is 0 Å². The number of aryl methyl sites for hydroxylation is 1. The van der Waals surface area contributed by atoms with E-state index in [4.69, 9.17) is 5.10 Å². The Labute approximate surface area is 206 Å². The first-order valence-corrected chi connectivity index (χ1v) is 12.7. The summed E-state index contributed by atoms with van der Waals surface area (Å²) in [5.41, 5.74) is 3.13. The van der Waals surface area contributed by atoms with E-state index < -0.39 is 5.54 Å². The normalized spacial score (nSPS) is 20.5. The van der Waals surface area contributed by atoms with E-state index in [9.17, 15) is 9.59 Å². The summed E-state index contributed by atoms with van der Waals surface area (Å²) in [6, 6.07) is 15.9. The minimum atomic E-state index is -1.07. The van der Waals surface area contributed by atoms with Gasteiger partial charge in [-0.05, 0) is 49.9 Å². The Bertz CT molecular complexity index is 1200. The molecule has 2 aromatic heterocycles. The third-order valence-corrected chi connectivity index (χ3v) is 7.43. The summed E-state index contributed by atoms with van der Waals surface area (Å²) >= 11 is 0. The number of hydrogen-bond acceptors (Lipinski definition) is 4. The lowest BCUT2D eigenvalue weighted by molar-refractivity contribution is -0.134. The van der Waals surface area contributed by atoms with Crippen molar-refractivity contribution < 1.29 is 9.59 Å². The molecule has 2 amide bonds. The topological polar surface area (TPSA) is 80.1 Å². The van der Waals surface area contributed by atoms with Crippen LogP contribution in [0.1, 0.15) is 67.7 Å². The number of rotatable bonds is 6. The van der Waals surface area contributed by atoms with Crippen molar-refractivity contribution in [3.63, 3.8) is 0 Å². The van der Waals surface area contributed by atoms with Gasteiger partial charge < -0.3 is 10.2 Å². The van der Waals surface area contributed by atoms with Crippen LogP contribution >= 0.6 is 0 Å². The highest BCUT2D eigenvalue weighted by molar-refractivity contribution is 6.00.